The maximum Gasteiger partial charge on any atom is 0.239 e. The van der Waals surface area contributed by atoms with Gasteiger partial charge in [-0.15, -0.1) is 12.4 Å². The molecule has 1 N–H and O–H groups in total. The highest BCUT2D eigenvalue weighted by molar-refractivity contribution is 6.42. The summed E-state index contributed by atoms with van der Waals surface area (Å²) in [5.41, 5.74) is 1.01. The van der Waals surface area contributed by atoms with Crippen LogP contribution in [0.4, 0.5) is 0 Å². The maximum absolute atomic E-state index is 12.5. The van der Waals surface area contributed by atoms with Crippen molar-refractivity contribution < 1.29 is 4.79 Å². The van der Waals surface area contributed by atoms with Gasteiger partial charge in [0.2, 0.25) is 5.91 Å². The molecule has 21 heavy (non-hydrogen) atoms. The van der Waals surface area contributed by atoms with Crippen molar-refractivity contribution in [2.75, 3.05) is 13.1 Å². The van der Waals surface area contributed by atoms with Crippen molar-refractivity contribution in [1.29, 1.82) is 0 Å². The molecule has 1 heterocycles. The van der Waals surface area contributed by atoms with Gasteiger partial charge in [0.25, 0.3) is 0 Å². The number of hydrogen-bond donors (Lipinski definition) is 1. The van der Waals surface area contributed by atoms with Crippen LogP contribution in [0.15, 0.2) is 18.2 Å². The first-order valence-corrected chi connectivity index (χ1v) is 7.83. The minimum atomic E-state index is -0.0357. The summed E-state index contributed by atoms with van der Waals surface area (Å²) < 4.78 is 0. The van der Waals surface area contributed by atoms with E-state index in [-0.39, 0.29) is 24.4 Å². The molecule has 1 aliphatic rings. The second kappa shape index (κ2) is 8.84. The van der Waals surface area contributed by atoms with Crippen LogP contribution >= 0.6 is 35.6 Å². The average Bonchev–Trinajstić information content (AvgIpc) is 2.48. The molecule has 118 valence electrons. The molecule has 0 spiro atoms. The van der Waals surface area contributed by atoms with E-state index in [9.17, 15) is 4.79 Å². The summed E-state index contributed by atoms with van der Waals surface area (Å²) in [5.74, 6) is 0.179. The summed E-state index contributed by atoms with van der Waals surface area (Å²) in [6.45, 7) is 4.20. The predicted octanol–water partition coefficient (Wildman–Crippen LogP) is 3.91. The maximum atomic E-state index is 12.5. The van der Waals surface area contributed by atoms with Gasteiger partial charge in [-0.25, -0.2) is 0 Å². The van der Waals surface area contributed by atoms with Crippen molar-refractivity contribution in [3.63, 3.8) is 0 Å². The Morgan fingerprint density at radius 3 is 2.67 bits per heavy atom. The fourth-order valence-corrected chi connectivity index (χ4v) is 2.81. The van der Waals surface area contributed by atoms with Crippen LogP contribution in [0.3, 0.4) is 0 Å². The van der Waals surface area contributed by atoms with E-state index in [0.29, 0.717) is 23.1 Å². The number of piperidine rings is 1. The Labute approximate surface area is 142 Å². The molecule has 0 aliphatic carbocycles. The summed E-state index contributed by atoms with van der Waals surface area (Å²) in [4.78, 5) is 14.4. The number of carbonyl (C=O) groups excluding carboxylic acids is 1. The van der Waals surface area contributed by atoms with Crippen molar-refractivity contribution in [2.45, 2.75) is 38.8 Å². The minimum Gasteiger partial charge on any atom is -0.337 e. The molecule has 1 atom stereocenters. The number of nitrogens with zero attached hydrogens (tertiary/aromatic N) is 1. The van der Waals surface area contributed by atoms with E-state index in [4.69, 9.17) is 23.2 Å². The smallest absolute Gasteiger partial charge is 0.239 e. The minimum absolute atomic E-state index is 0. The summed E-state index contributed by atoms with van der Waals surface area (Å²) in [7, 11) is 0. The zero-order valence-electron chi connectivity index (χ0n) is 12.1. The third kappa shape index (κ3) is 5.03. The molecule has 1 amide bonds. The Morgan fingerprint density at radius 1 is 1.33 bits per heavy atom. The standard InChI is InChI=1S/C15H20Cl2N2O.ClH/c1-2-19(15(20)14-5-3-4-8-18-14)10-11-6-7-12(16)13(17)9-11;/h6-7,9,14,18H,2-5,8,10H2,1H3;1H/t14-;/m1./s1. The van der Waals surface area contributed by atoms with E-state index in [0.717, 1.165) is 31.4 Å². The van der Waals surface area contributed by atoms with Crippen LogP contribution in [-0.2, 0) is 11.3 Å². The van der Waals surface area contributed by atoms with Crippen LogP contribution in [0.2, 0.25) is 10.0 Å². The Morgan fingerprint density at radius 2 is 2.10 bits per heavy atom. The zero-order chi connectivity index (χ0) is 14.5. The van der Waals surface area contributed by atoms with Crippen molar-refractivity contribution in [3.8, 4) is 0 Å². The molecule has 0 saturated carbocycles. The van der Waals surface area contributed by atoms with Gasteiger partial charge in [0.1, 0.15) is 0 Å². The summed E-state index contributed by atoms with van der Waals surface area (Å²) in [6.07, 6.45) is 3.20. The lowest BCUT2D eigenvalue weighted by Gasteiger charge is -2.29. The highest BCUT2D eigenvalue weighted by atomic mass is 35.5. The second-order valence-electron chi connectivity index (χ2n) is 5.10. The first-order chi connectivity index (χ1) is 9.61. The molecule has 0 aromatic heterocycles. The third-order valence-corrected chi connectivity index (χ3v) is 4.40. The number of rotatable bonds is 4. The molecule has 0 radical (unpaired) electrons. The van der Waals surface area contributed by atoms with Crippen molar-refractivity contribution >= 4 is 41.5 Å². The lowest BCUT2D eigenvalue weighted by Crippen LogP contribution is -2.48. The quantitative estimate of drug-likeness (QED) is 0.892. The number of amides is 1. The second-order valence-corrected chi connectivity index (χ2v) is 5.92. The van der Waals surface area contributed by atoms with Crippen molar-refractivity contribution in [2.24, 2.45) is 0 Å². The number of halogens is 3. The zero-order valence-corrected chi connectivity index (χ0v) is 14.4. The SMILES string of the molecule is CCN(Cc1ccc(Cl)c(Cl)c1)C(=O)[C@H]1CCCCN1.Cl. The van der Waals surface area contributed by atoms with Gasteiger partial charge in [0.15, 0.2) is 0 Å². The van der Waals surface area contributed by atoms with E-state index < -0.39 is 0 Å². The fraction of sp³-hybridized carbons (Fsp3) is 0.533. The summed E-state index contributed by atoms with van der Waals surface area (Å²) in [6, 6.07) is 5.48. The number of benzene rings is 1. The first-order valence-electron chi connectivity index (χ1n) is 7.08. The van der Waals surface area contributed by atoms with Crippen LogP contribution in [-0.4, -0.2) is 29.9 Å². The van der Waals surface area contributed by atoms with Gasteiger partial charge in [-0.2, -0.15) is 0 Å². The number of carbonyl (C=O) groups is 1. The summed E-state index contributed by atoms with van der Waals surface area (Å²) in [5, 5.41) is 4.37. The monoisotopic (exact) mass is 350 g/mol. The molecular formula is C15H21Cl3N2O. The van der Waals surface area contributed by atoms with E-state index in [1.165, 1.54) is 0 Å². The van der Waals surface area contributed by atoms with Crippen molar-refractivity contribution in [1.82, 2.24) is 10.2 Å². The van der Waals surface area contributed by atoms with Crippen LogP contribution in [0.25, 0.3) is 0 Å². The molecule has 0 bridgehead atoms. The van der Waals surface area contributed by atoms with E-state index in [1.807, 2.05) is 24.0 Å². The summed E-state index contributed by atoms with van der Waals surface area (Å²) >= 11 is 11.9. The lowest BCUT2D eigenvalue weighted by atomic mass is 10.0. The molecule has 6 heteroatoms. The van der Waals surface area contributed by atoms with Gasteiger partial charge in [0, 0.05) is 13.1 Å². The number of nitrogens with one attached hydrogen (secondary N) is 1. The Kier molecular flexibility index (Phi) is 7.82. The topological polar surface area (TPSA) is 32.3 Å². The predicted molar refractivity (Wildman–Crippen MR) is 90.4 cm³/mol. The normalized spacial score (nSPS) is 18.0. The van der Waals surface area contributed by atoms with E-state index >= 15 is 0 Å². The highest BCUT2D eigenvalue weighted by Crippen LogP contribution is 2.23. The Balaban J connectivity index is 0.00000220. The van der Waals surface area contributed by atoms with Gasteiger partial charge >= 0.3 is 0 Å². The highest BCUT2D eigenvalue weighted by Gasteiger charge is 2.24. The van der Waals surface area contributed by atoms with Crippen LogP contribution < -0.4 is 5.32 Å². The Bertz CT molecular complexity index is 476. The lowest BCUT2D eigenvalue weighted by molar-refractivity contribution is -0.134. The fourth-order valence-electron chi connectivity index (χ4n) is 2.49. The van der Waals surface area contributed by atoms with Gasteiger partial charge in [-0.05, 0) is 44.0 Å². The molecule has 1 saturated heterocycles. The van der Waals surface area contributed by atoms with Crippen molar-refractivity contribution in [3.05, 3.63) is 33.8 Å². The molecule has 2 rings (SSSR count). The molecule has 0 unspecified atom stereocenters. The molecule has 1 aromatic rings. The average molecular weight is 352 g/mol. The molecule has 1 aromatic carbocycles. The van der Waals surface area contributed by atoms with Gasteiger partial charge in [-0.3, -0.25) is 4.79 Å². The van der Waals surface area contributed by atoms with E-state index in [1.54, 1.807) is 6.07 Å². The first kappa shape index (κ1) is 18.6. The largest absolute Gasteiger partial charge is 0.337 e. The molecule has 1 fully saturated rings. The molecule has 3 nitrogen and oxygen atoms in total. The van der Waals surface area contributed by atoms with E-state index in [2.05, 4.69) is 5.32 Å². The van der Waals surface area contributed by atoms with Crippen LogP contribution in [0, 0.1) is 0 Å². The van der Waals surface area contributed by atoms with Gasteiger partial charge < -0.3 is 10.2 Å². The van der Waals surface area contributed by atoms with Crippen LogP contribution in [0.1, 0.15) is 31.7 Å². The number of likely N-dealkylation sites (N-methyl/N-ethyl adjacent to an activating group) is 1. The third-order valence-electron chi connectivity index (χ3n) is 3.66. The Hall–Kier alpha value is -0.480. The van der Waals surface area contributed by atoms with Gasteiger partial charge in [-0.1, -0.05) is 35.7 Å². The number of hydrogen-bond acceptors (Lipinski definition) is 2. The van der Waals surface area contributed by atoms with Crippen LogP contribution in [0.5, 0.6) is 0 Å². The van der Waals surface area contributed by atoms with Gasteiger partial charge in [0.05, 0.1) is 16.1 Å². The molecule has 1 aliphatic heterocycles. The molecular weight excluding hydrogens is 331 g/mol.